The van der Waals surface area contributed by atoms with E-state index in [4.69, 9.17) is 10.5 Å². The molecule has 1 heterocycles. The van der Waals surface area contributed by atoms with Gasteiger partial charge in [-0.15, -0.1) is 0 Å². The van der Waals surface area contributed by atoms with E-state index in [1.165, 1.54) is 13.3 Å². The highest BCUT2D eigenvalue weighted by molar-refractivity contribution is 5.99. The van der Waals surface area contributed by atoms with Crippen molar-refractivity contribution in [3.05, 3.63) is 23.9 Å². The fourth-order valence-corrected chi connectivity index (χ4v) is 0.910. The van der Waals surface area contributed by atoms with Crippen LogP contribution in [-0.4, -0.2) is 23.9 Å². The Morgan fingerprint density at radius 3 is 2.69 bits per heavy atom. The maximum Gasteiger partial charge on any atom is 0.212 e. The van der Waals surface area contributed by atoms with Crippen molar-refractivity contribution in [3.8, 4) is 5.88 Å². The number of ether oxygens (including phenoxy) is 1. The normalized spacial score (nSPS) is 12.2. The molecule has 4 heteroatoms. The van der Waals surface area contributed by atoms with Crippen LogP contribution in [-0.2, 0) is 0 Å². The third-order valence-corrected chi connectivity index (χ3v) is 1.64. The number of rotatable bonds is 3. The average molecular weight is 180 g/mol. The van der Waals surface area contributed by atoms with E-state index in [0.29, 0.717) is 11.4 Å². The van der Waals surface area contributed by atoms with E-state index in [-0.39, 0.29) is 5.78 Å². The Balaban J connectivity index is 2.86. The van der Waals surface area contributed by atoms with Crippen LogP contribution in [0, 0.1) is 0 Å². The Morgan fingerprint density at radius 2 is 2.31 bits per heavy atom. The summed E-state index contributed by atoms with van der Waals surface area (Å²) in [5.74, 6) is 0.372. The summed E-state index contributed by atoms with van der Waals surface area (Å²) in [7, 11) is 1.52. The molecule has 1 rings (SSSR count). The minimum Gasteiger partial charge on any atom is -0.481 e. The van der Waals surface area contributed by atoms with E-state index in [9.17, 15) is 4.79 Å². The molecule has 70 valence electrons. The summed E-state index contributed by atoms with van der Waals surface area (Å²) >= 11 is 0. The lowest BCUT2D eigenvalue weighted by molar-refractivity contribution is 0.0967. The van der Waals surface area contributed by atoms with Gasteiger partial charge in [-0.25, -0.2) is 4.98 Å². The van der Waals surface area contributed by atoms with Crippen LogP contribution in [0.25, 0.3) is 0 Å². The first-order valence-corrected chi connectivity index (χ1v) is 3.95. The van der Waals surface area contributed by atoms with Crippen molar-refractivity contribution in [1.82, 2.24) is 4.98 Å². The smallest absolute Gasteiger partial charge is 0.212 e. The summed E-state index contributed by atoms with van der Waals surface area (Å²) in [6.07, 6.45) is 1.46. The van der Waals surface area contributed by atoms with Gasteiger partial charge < -0.3 is 10.5 Å². The van der Waals surface area contributed by atoms with Gasteiger partial charge in [0.05, 0.1) is 13.2 Å². The van der Waals surface area contributed by atoms with Crippen molar-refractivity contribution in [3.63, 3.8) is 0 Å². The fourth-order valence-electron chi connectivity index (χ4n) is 0.910. The molecule has 0 aromatic carbocycles. The largest absolute Gasteiger partial charge is 0.481 e. The van der Waals surface area contributed by atoms with Gasteiger partial charge in [0.2, 0.25) is 5.88 Å². The lowest BCUT2D eigenvalue weighted by Crippen LogP contribution is -2.26. The predicted molar refractivity (Wildman–Crippen MR) is 48.8 cm³/mol. The number of pyridine rings is 1. The standard InChI is InChI=1S/C9H12N2O2/c1-6(10)9(12)7-3-4-8(13-2)11-5-7/h3-6H,10H2,1-2H3. The second kappa shape index (κ2) is 4.00. The molecule has 1 unspecified atom stereocenters. The molecule has 0 aliphatic carbocycles. The molecule has 4 nitrogen and oxygen atoms in total. The molecule has 1 atom stereocenters. The van der Waals surface area contributed by atoms with Gasteiger partial charge in [0.15, 0.2) is 5.78 Å². The number of Topliss-reactive ketones (excluding diaryl/α,β-unsaturated/α-hetero) is 1. The molecule has 0 fully saturated rings. The number of carbonyl (C=O) groups excluding carboxylic acids is 1. The zero-order valence-electron chi connectivity index (χ0n) is 7.65. The van der Waals surface area contributed by atoms with E-state index in [2.05, 4.69) is 4.98 Å². The summed E-state index contributed by atoms with van der Waals surface area (Å²) in [6, 6.07) is 2.79. The van der Waals surface area contributed by atoms with Crippen molar-refractivity contribution in [2.24, 2.45) is 5.73 Å². The van der Waals surface area contributed by atoms with Gasteiger partial charge >= 0.3 is 0 Å². The van der Waals surface area contributed by atoms with E-state index >= 15 is 0 Å². The number of hydrogen-bond donors (Lipinski definition) is 1. The molecule has 0 aliphatic rings. The lowest BCUT2D eigenvalue weighted by Gasteiger charge is -2.04. The van der Waals surface area contributed by atoms with E-state index in [1.54, 1.807) is 19.1 Å². The van der Waals surface area contributed by atoms with Crippen LogP contribution in [0.4, 0.5) is 0 Å². The van der Waals surface area contributed by atoms with Gasteiger partial charge in [-0.1, -0.05) is 0 Å². The molecule has 0 amide bonds. The summed E-state index contributed by atoms with van der Waals surface area (Å²) in [6.45, 7) is 1.65. The second-order valence-corrected chi connectivity index (χ2v) is 2.74. The molecule has 13 heavy (non-hydrogen) atoms. The fraction of sp³-hybridized carbons (Fsp3) is 0.333. The van der Waals surface area contributed by atoms with Gasteiger partial charge in [0.1, 0.15) is 0 Å². The number of aromatic nitrogens is 1. The first-order chi connectivity index (χ1) is 6.15. The highest BCUT2D eigenvalue weighted by Gasteiger charge is 2.10. The first-order valence-electron chi connectivity index (χ1n) is 3.95. The zero-order chi connectivity index (χ0) is 9.84. The van der Waals surface area contributed by atoms with Crippen LogP contribution in [0.3, 0.4) is 0 Å². The Labute approximate surface area is 76.7 Å². The van der Waals surface area contributed by atoms with Crippen molar-refractivity contribution < 1.29 is 9.53 Å². The predicted octanol–water partition coefficient (Wildman–Crippen LogP) is 0.620. The molecule has 2 N–H and O–H groups in total. The van der Waals surface area contributed by atoms with Gasteiger partial charge in [0.25, 0.3) is 0 Å². The minimum atomic E-state index is -0.491. The summed E-state index contributed by atoms with van der Waals surface area (Å²) < 4.78 is 4.86. The van der Waals surface area contributed by atoms with E-state index in [0.717, 1.165) is 0 Å². The number of nitrogens with zero attached hydrogens (tertiary/aromatic N) is 1. The van der Waals surface area contributed by atoms with Gasteiger partial charge in [0, 0.05) is 17.8 Å². The molecule has 1 aromatic heterocycles. The van der Waals surface area contributed by atoms with Crippen LogP contribution >= 0.6 is 0 Å². The van der Waals surface area contributed by atoms with Crippen molar-refractivity contribution in [2.45, 2.75) is 13.0 Å². The van der Waals surface area contributed by atoms with Crippen molar-refractivity contribution >= 4 is 5.78 Å². The third-order valence-electron chi connectivity index (χ3n) is 1.64. The lowest BCUT2D eigenvalue weighted by atomic mass is 10.1. The number of carbonyl (C=O) groups is 1. The molecule has 0 radical (unpaired) electrons. The third kappa shape index (κ3) is 2.26. The highest BCUT2D eigenvalue weighted by Crippen LogP contribution is 2.07. The van der Waals surface area contributed by atoms with Crippen LogP contribution in [0.5, 0.6) is 5.88 Å². The van der Waals surface area contributed by atoms with E-state index in [1.807, 2.05) is 0 Å². The topological polar surface area (TPSA) is 65.2 Å². The maximum absolute atomic E-state index is 11.3. The number of nitrogens with two attached hydrogens (primary N) is 1. The SMILES string of the molecule is COc1ccc(C(=O)C(C)N)cn1. The molecular weight excluding hydrogens is 168 g/mol. The van der Waals surface area contributed by atoms with Crippen molar-refractivity contribution in [2.75, 3.05) is 7.11 Å². The van der Waals surface area contributed by atoms with Gasteiger partial charge in [-0.2, -0.15) is 0 Å². The van der Waals surface area contributed by atoms with Crippen LogP contribution in [0.1, 0.15) is 17.3 Å². The number of methoxy groups -OCH3 is 1. The Morgan fingerprint density at radius 1 is 1.62 bits per heavy atom. The molecule has 0 saturated heterocycles. The quantitative estimate of drug-likeness (QED) is 0.692. The molecule has 0 spiro atoms. The van der Waals surface area contributed by atoms with Crippen LogP contribution in [0.15, 0.2) is 18.3 Å². The second-order valence-electron chi connectivity index (χ2n) is 2.74. The highest BCUT2D eigenvalue weighted by atomic mass is 16.5. The Hall–Kier alpha value is -1.42. The molecule has 0 bridgehead atoms. The van der Waals surface area contributed by atoms with Gasteiger partial charge in [-0.3, -0.25) is 4.79 Å². The summed E-state index contributed by atoms with van der Waals surface area (Å²) in [5.41, 5.74) is 5.94. The minimum absolute atomic E-state index is 0.116. The Kier molecular flexibility index (Phi) is 2.97. The summed E-state index contributed by atoms with van der Waals surface area (Å²) in [4.78, 5) is 15.2. The molecule has 0 aliphatic heterocycles. The number of ketones is 1. The van der Waals surface area contributed by atoms with Crippen LogP contribution < -0.4 is 10.5 Å². The van der Waals surface area contributed by atoms with Crippen molar-refractivity contribution in [1.29, 1.82) is 0 Å². The average Bonchev–Trinajstić information content (AvgIpc) is 2.17. The summed E-state index contributed by atoms with van der Waals surface area (Å²) in [5, 5.41) is 0. The Bertz CT molecular complexity index is 293. The zero-order valence-corrected chi connectivity index (χ0v) is 7.65. The monoisotopic (exact) mass is 180 g/mol. The van der Waals surface area contributed by atoms with Crippen LogP contribution in [0.2, 0.25) is 0 Å². The first kappa shape index (κ1) is 9.67. The molecular formula is C9H12N2O2. The number of hydrogen-bond acceptors (Lipinski definition) is 4. The van der Waals surface area contributed by atoms with Gasteiger partial charge in [-0.05, 0) is 13.0 Å². The maximum atomic E-state index is 11.3. The van der Waals surface area contributed by atoms with E-state index < -0.39 is 6.04 Å². The molecule has 1 aromatic rings. The molecule has 0 saturated carbocycles.